The van der Waals surface area contributed by atoms with E-state index >= 15 is 0 Å². The molecule has 2 aromatic rings. The van der Waals surface area contributed by atoms with Gasteiger partial charge in [-0.05, 0) is 36.2 Å². The van der Waals surface area contributed by atoms with Gasteiger partial charge in [0.15, 0.2) is 0 Å². The Morgan fingerprint density at radius 2 is 1.67 bits per heavy atom. The van der Waals surface area contributed by atoms with Crippen LogP contribution in [0.25, 0.3) is 0 Å². The molecule has 1 amide bonds. The molecule has 7 heteroatoms. The van der Waals surface area contributed by atoms with Crippen LogP contribution in [0.2, 0.25) is 0 Å². The first kappa shape index (κ1) is 19.4. The van der Waals surface area contributed by atoms with Crippen LogP contribution in [0.4, 0.5) is 0 Å². The minimum absolute atomic E-state index is 0.0131. The van der Waals surface area contributed by atoms with Crippen molar-refractivity contribution < 1.29 is 17.9 Å². The van der Waals surface area contributed by atoms with E-state index in [0.717, 1.165) is 11.3 Å². The monoisotopic (exact) mass is 388 g/mol. The Balaban J connectivity index is 1.63. The quantitative estimate of drug-likeness (QED) is 0.787. The number of hydrogen-bond acceptors (Lipinski definition) is 4. The van der Waals surface area contributed by atoms with Crippen molar-refractivity contribution in [3.05, 3.63) is 60.2 Å². The van der Waals surface area contributed by atoms with Crippen molar-refractivity contribution in [2.24, 2.45) is 0 Å². The molecule has 0 radical (unpaired) electrons. The van der Waals surface area contributed by atoms with Gasteiger partial charge in [0.05, 0.1) is 18.4 Å². The van der Waals surface area contributed by atoms with Crippen molar-refractivity contribution in [1.29, 1.82) is 0 Å². The summed E-state index contributed by atoms with van der Waals surface area (Å²) in [5.74, 6) is 0.766. The maximum Gasteiger partial charge on any atom is 0.243 e. The van der Waals surface area contributed by atoms with Gasteiger partial charge in [0.2, 0.25) is 15.9 Å². The van der Waals surface area contributed by atoms with Crippen LogP contribution in [0.1, 0.15) is 12.0 Å². The number of methoxy groups -OCH3 is 1. The van der Waals surface area contributed by atoms with Crippen molar-refractivity contribution in [3.63, 3.8) is 0 Å². The van der Waals surface area contributed by atoms with Gasteiger partial charge in [-0.2, -0.15) is 4.31 Å². The zero-order chi connectivity index (χ0) is 19.3. The molecule has 3 rings (SSSR count). The minimum Gasteiger partial charge on any atom is -0.497 e. The van der Waals surface area contributed by atoms with Crippen molar-refractivity contribution in [1.82, 2.24) is 9.21 Å². The molecule has 0 atom stereocenters. The molecule has 1 aliphatic rings. The Labute approximate surface area is 160 Å². The third kappa shape index (κ3) is 4.67. The summed E-state index contributed by atoms with van der Waals surface area (Å²) in [5, 5.41) is 0. The highest BCUT2D eigenvalue weighted by atomic mass is 32.2. The number of carbonyl (C=O) groups excluding carboxylic acids is 1. The molecular weight excluding hydrogens is 364 g/mol. The van der Waals surface area contributed by atoms with Crippen molar-refractivity contribution >= 4 is 15.9 Å². The second kappa shape index (κ2) is 8.54. The maximum atomic E-state index is 12.8. The van der Waals surface area contributed by atoms with E-state index < -0.39 is 10.0 Å². The highest BCUT2D eigenvalue weighted by molar-refractivity contribution is 7.89. The fraction of sp³-hybridized carbons (Fsp3) is 0.350. The highest BCUT2D eigenvalue weighted by Gasteiger charge is 2.28. The van der Waals surface area contributed by atoms with Gasteiger partial charge in [-0.3, -0.25) is 4.79 Å². The third-order valence-electron chi connectivity index (χ3n) is 4.70. The van der Waals surface area contributed by atoms with Gasteiger partial charge >= 0.3 is 0 Å². The predicted octanol–water partition coefficient (Wildman–Crippen LogP) is 2.16. The van der Waals surface area contributed by atoms with Gasteiger partial charge in [0, 0.05) is 26.2 Å². The van der Waals surface area contributed by atoms with Crippen LogP contribution in [-0.4, -0.2) is 56.8 Å². The average molecular weight is 388 g/mol. The number of ether oxygens (including phenoxy) is 1. The van der Waals surface area contributed by atoms with Gasteiger partial charge in [0.25, 0.3) is 0 Å². The smallest absolute Gasteiger partial charge is 0.243 e. The summed E-state index contributed by atoms with van der Waals surface area (Å²) in [6, 6.07) is 15.9. The largest absolute Gasteiger partial charge is 0.497 e. The fourth-order valence-electron chi connectivity index (χ4n) is 3.15. The molecule has 0 spiro atoms. The zero-order valence-corrected chi connectivity index (χ0v) is 16.2. The number of nitrogens with zero attached hydrogens (tertiary/aromatic N) is 2. The van der Waals surface area contributed by atoms with E-state index in [1.807, 2.05) is 24.3 Å². The van der Waals surface area contributed by atoms with E-state index in [4.69, 9.17) is 4.74 Å². The maximum absolute atomic E-state index is 12.8. The molecule has 0 N–H and O–H groups in total. The molecule has 0 bridgehead atoms. The van der Waals surface area contributed by atoms with Crippen molar-refractivity contribution in [2.75, 3.05) is 33.3 Å². The van der Waals surface area contributed by atoms with Crippen LogP contribution < -0.4 is 4.74 Å². The molecule has 0 saturated carbocycles. The highest BCUT2D eigenvalue weighted by Crippen LogP contribution is 2.18. The van der Waals surface area contributed by atoms with Gasteiger partial charge in [-0.15, -0.1) is 0 Å². The summed E-state index contributed by atoms with van der Waals surface area (Å²) in [5.41, 5.74) is 0.916. The Hall–Kier alpha value is -2.38. The topological polar surface area (TPSA) is 66.9 Å². The lowest BCUT2D eigenvalue weighted by atomic mass is 10.1. The van der Waals surface area contributed by atoms with E-state index in [0.29, 0.717) is 43.9 Å². The van der Waals surface area contributed by atoms with E-state index in [-0.39, 0.29) is 5.91 Å². The van der Waals surface area contributed by atoms with E-state index in [1.54, 1.807) is 42.3 Å². The molecule has 2 aromatic carbocycles. The molecule has 0 aliphatic carbocycles. The predicted molar refractivity (Wildman–Crippen MR) is 103 cm³/mol. The summed E-state index contributed by atoms with van der Waals surface area (Å²) in [6.45, 7) is 1.70. The summed E-state index contributed by atoms with van der Waals surface area (Å²) >= 11 is 0. The van der Waals surface area contributed by atoms with E-state index in [9.17, 15) is 13.2 Å². The SMILES string of the molecule is COc1ccc(CC(=O)N2CCCN(S(=O)(=O)c3ccccc3)CC2)cc1. The molecule has 0 aromatic heterocycles. The first-order valence-electron chi connectivity index (χ1n) is 8.96. The van der Waals surface area contributed by atoms with E-state index in [1.165, 1.54) is 4.31 Å². The number of carbonyl (C=O) groups is 1. The Bertz CT molecular complexity index is 867. The fourth-order valence-corrected chi connectivity index (χ4v) is 4.65. The minimum atomic E-state index is -3.52. The van der Waals surface area contributed by atoms with Crippen LogP contribution in [0.3, 0.4) is 0 Å². The number of sulfonamides is 1. The first-order valence-corrected chi connectivity index (χ1v) is 10.4. The third-order valence-corrected chi connectivity index (χ3v) is 6.62. The van der Waals surface area contributed by atoms with Crippen LogP contribution >= 0.6 is 0 Å². The number of hydrogen-bond donors (Lipinski definition) is 0. The molecule has 1 saturated heterocycles. The lowest BCUT2D eigenvalue weighted by Gasteiger charge is -2.22. The summed E-state index contributed by atoms with van der Waals surface area (Å²) in [6.07, 6.45) is 0.926. The molecule has 144 valence electrons. The standard InChI is InChI=1S/C20H24N2O4S/c1-26-18-10-8-17(9-11-18)16-20(23)21-12-5-13-22(15-14-21)27(24,25)19-6-3-2-4-7-19/h2-4,6-11H,5,12-16H2,1H3. The van der Waals surface area contributed by atoms with Crippen molar-refractivity contribution in [2.45, 2.75) is 17.7 Å². The van der Waals surface area contributed by atoms with Crippen LogP contribution in [-0.2, 0) is 21.2 Å². The Morgan fingerprint density at radius 1 is 0.963 bits per heavy atom. The molecule has 1 heterocycles. The number of amides is 1. The number of rotatable bonds is 5. The molecular formula is C20H24N2O4S. The average Bonchev–Trinajstić information content (AvgIpc) is 2.96. The second-order valence-corrected chi connectivity index (χ2v) is 8.41. The molecule has 1 fully saturated rings. The molecule has 1 aliphatic heterocycles. The molecule has 27 heavy (non-hydrogen) atoms. The second-order valence-electron chi connectivity index (χ2n) is 6.48. The number of benzene rings is 2. The van der Waals surface area contributed by atoms with Gasteiger partial charge < -0.3 is 9.64 Å². The summed E-state index contributed by atoms with van der Waals surface area (Å²) in [7, 11) is -1.92. The first-order chi connectivity index (χ1) is 13.0. The molecule has 0 unspecified atom stereocenters. The zero-order valence-electron chi connectivity index (χ0n) is 15.4. The van der Waals surface area contributed by atoms with Crippen LogP contribution in [0.15, 0.2) is 59.5 Å². The van der Waals surface area contributed by atoms with Gasteiger partial charge in [-0.1, -0.05) is 30.3 Å². The Morgan fingerprint density at radius 3 is 2.33 bits per heavy atom. The van der Waals surface area contributed by atoms with Crippen molar-refractivity contribution in [3.8, 4) is 5.75 Å². The van der Waals surface area contributed by atoms with Crippen LogP contribution in [0, 0.1) is 0 Å². The normalized spacial score (nSPS) is 16.0. The Kier molecular flexibility index (Phi) is 6.13. The lowest BCUT2D eigenvalue weighted by molar-refractivity contribution is -0.130. The summed E-state index contributed by atoms with van der Waals surface area (Å²) < 4.78 is 32.2. The molecule has 6 nitrogen and oxygen atoms in total. The van der Waals surface area contributed by atoms with E-state index in [2.05, 4.69) is 0 Å². The van der Waals surface area contributed by atoms with Gasteiger partial charge in [-0.25, -0.2) is 8.42 Å². The summed E-state index contributed by atoms with van der Waals surface area (Å²) in [4.78, 5) is 14.7. The van der Waals surface area contributed by atoms with Gasteiger partial charge in [0.1, 0.15) is 5.75 Å². The van der Waals surface area contributed by atoms with Crippen LogP contribution in [0.5, 0.6) is 5.75 Å². The lowest BCUT2D eigenvalue weighted by Crippen LogP contribution is -2.37.